The fourth-order valence-corrected chi connectivity index (χ4v) is 2.15. The number of likely N-dealkylation sites (tertiary alicyclic amines) is 1. The van der Waals surface area contributed by atoms with Crippen LogP contribution in [-0.4, -0.2) is 40.8 Å². The van der Waals surface area contributed by atoms with Crippen LogP contribution in [0.15, 0.2) is 18.3 Å². The molecule has 0 spiro atoms. The normalized spacial score (nSPS) is 16.2. The predicted octanol–water partition coefficient (Wildman–Crippen LogP) is 0.961. The van der Waals surface area contributed by atoms with Gasteiger partial charge in [-0.25, -0.2) is 4.98 Å². The molecule has 0 bridgehead atoms. The molecule has 2 rings (SSSR count). The molecule has 1 aromatic heterocycles. The summed E-state index contributed by atoms with van der Waals surface area (Å²) in [6.07, 6.45) is 2.71. The van der Waals surface area contributed by atoms with Crippen LogP contribution in [0, 0.1) is 5.95 Å². The summed E-state index contributed by atoms with van der Waals surface area (Å²) in [7, 11) is 0. The summed E-state index contributed by atoms with van der Waals surface area (Å²) in [6.45, 7) is 2.83. The molecule has 102 valence electrons. The van der Waals surface area contributed by atoms with Gasteiger partial charge in [-0.05, 0) is 18.9 Å². The molecular formula is C13H16FN3O2. The summed E-state index contributed by atoms with van der Waals surface area (Å²) in [5.74, 6) is -0.914. The van der Waals surface area contributed by atoms with E-state index in [9.17, 15) is 14.0 Å². The van der Waals surface area contributed by atoms with Gasteiger partial charge in [0.1, 0.15) is 0 Å². The van der Waals surface area contributed by atoms with Gasteiger partial charge < -0.3 is 10.2 Å². The highest BCUT2D eigenvalue weighted by Gasteiger charge is 2.22. The van der Waals surface area contributed by atoms with E-state index < -0.39 is 5.95 Å². The Hall–Kier alpha value is -1.98. The van der Waals surface area contributed by atoms with E-state index in [1.165, 1.54) is 12.3 Å². The Morgan fingerprint density at radius 3 is 2.68 bits per heavy atom. The smallest absolute Gasteiger partial charge is 0.251 e. The van der Waals surface area contributed by atoms with Crippen LogP contribution in [0.1, 0.15) is 30.1 Å². The van der Waals surface area contributed by atoms with Crippen molar-refractivity contribution in [1.29, 1.82) is 0 Å². The van der Waals surface area contributed by atoms with Crippen LogP contribution in [0.3, 0.4) is 0 Å². The van der Waals surface area contributed by atoms with Gasteiger partial charge in [0, 0.05) is 43.9 Å². The van der Waals surface area contributed by atoms with Gasteiger partial charge in [-0.2, -0.15) is 4.39 Å². The molecule has 1 saturated heterocycles. The van der Waals surface area contributed by atoms with Crippen molar-refractivity contribution < 1.29 is 14.0 Å². The molecule has 0 saturated carbocycles. The summed E-state index contributed by atoms with van der Waals surface area (Å²) in [4.78, 5) is 28.2. The summed E-state index contributed by atoms with van der Waals surface area (Å²) in [5.41, 5.74) is 0.265. The van der Waals surface area contributed by atoms with Crippen molar-refractivity contribution in [1.82, 2.24) is 15.2 Å². The van der Waals surface area contributed by atoms with Crippen LogP contribution in [-0.2, 0) is 4.79 Å². The molecule has 2 amide bonds. The van der Waals surface area contributed by atoms with Crippen LogP contribution in [0.25, 0.3) is 0 Å². The number of halogens is 1. The highest BCUT2D eigenvalue weighted by molar-refractivity contribution is 5.94. The van der Waals surface area contributed by atoms with E-state index in [0.717, 1.165) is 18.9 Å². The van der Waals surface area contributed by atoms with E-state index in [1.807, 2.05) is 0 Å². The zero-order chi connectivity index (χ0) is 13.8. The second-order valence-corrected chi connectivity index (χ2v) is 4.62. The maximum atomic E-state index is 12.9. The van der Waals surface area contributed by atoms with Crippen molar-refractivity contribution in [2.24, 2.45) is 0 Å². The Kier molecular flexibility index (Phi) is 4.09. The van der Waals surface area contributed by atoms with Crippen molar-refractivity contribution in [3.8, 4) is 0 Å². The lowest BCUT2D eigenvalue weighted by molar-refractivity contribution is -0.129. The Morgan fingerprint density at radius 1 is 1.42 bits per heavy atom. The number of amides is 2. The average molecular weight is 265 g/mol. The van der Waals surface area contributed by atoms with Crippen LogP contribution in [0.4, 0.5) is 4.39 Å². The molecule has 1 aromatic rings. The number of piperidine rings is 1. The average Bonchev–Trinajstić information content (AvgIpc) is 2.39. The molecule has 5 nitrogen and oxygen atoms in total. The van der Waals surface area contributed by atoms with E-state index in [-0.39, 0.29) is 23.4 Å². The molecule has 1 N–H and O–H groups in total. The van der Waals surface area contributed by atoms with E-state index >= 15 is 0 Å². The Bertz CT molecular complexity index is 485. The number of nitrogens with zero attached hydrogens (tertiary/aromatic N) is 2. The third kappa shape index (κ3) is 3.49. The Balaban J connectivity index is 1.89. The first-order valence-corrected chi connectivity index (χ1v) is 6.24. The summed E-state index contributed by atoms with van der Waals surface area (Å²) in [5, 5.41) is 2.85. The van der Waals surface area contributed by atoms with Crippen molar-refractivity contribution >= 4 is 11.8 Å². The standard InChI is InChI=1S/C13H16FN3O2/c1-9(18)17-6-3-11(4-7-17)16-13(19)10-2-5-15-12(14)8-10/h2,5,8,11H,3-4,6-7H2,1H3,(H,16,19). The first-order valence-electron chi connectivity index (χ1n) is 6.24. The third-order valence-corrected chi connectivity index (χ3v) is 3.26. The highest BCUT2D eigenvalue weighted by Crippen LogP contribution is 2.11. The number of carbonyl (C=O) groups excluding carboxylic acids is 2. The predicted molar refractivity (Wildman–Crippen MR) is 66.9 cm³/mol. The fraction of sp³-hybridized carbons (Fsp3) is 0.462. The number of carbonyl (C=O) groups is 2. The zero-order valence-corrected chi connectivity index (χ0v) is 10.7. The van der Waals surface area contributed by atoms with Gasteiger partial charge in [0.15, 0.2) is 0 Å². The fourth-order valence-electron chi connectivity index (χ4n) is 2.15. The van der Waals surface area contributed by atoms with Crippen molar-refractivity contribution in [3.63, 3.8) is 0 Å². The SMILES string of the molecule is CC(=O)N1CCC(NC(=O)c2ccnc(F)c2)CC1. The number of hydrogen-bond acceptors (Lipinski definition) is 3. The molecule has 0 atom stereocenters. The van der Waals surface area contributed by atoms with Crippen LogP contribution in [0.2, 0.25) is 0 Å². The largest absolute Gasteiger partial charge is 0.349 e. The second kappa shape index (κ2) is 5.77. The van der Waals surface area contributed by atoms with E-state index in [2.05, 4.69) is 10.3 Å². The van der Waals surface area contributed by atoms with Crippen LogP contribution < -0.4 is 5.32 Å². The molecule has 6 heteroatoms. The van der Waals surface area contributed by atoms with E-state index in [4.69, 9.17) is 0 Å². The number of rotatable bonds is 2. The number of pyridine rings is 1. The molecule has 1 fully saturated rings. The van der Waals surface area contributed by atoms with Crippen molar-refractivity contribution in [2.75, 3.05) is 13.1 Å². The summed E-state index contributed by atoms with van der Waals surface area (Å²) >= 11 is 0. The minimum Gasteiger partial charge on any atom is -0.349 e. The van der Waals surface area contributed by atoms with Crippen molar-refractivity contribution in [2.45, 2.75) is 25.8 Å². The van der Waals surface area contributed by atoms with Crippen LogP contribution >= 0.6 is 0 Å². The molecule has 1 aliphatic heterocycles. The van der Waals surface area contributed by atoms with Gasteiger partial charge in [-0.3, -0.25) is 9.59 Å². The first-order chi connectivity index (χ1) is 9.06. The molecule has 1 aliphatic rings. The first kappa shape index (κ1) is 13.5. The van der Waals surface area contributed by atoms with Gasteiger partial charge in [-0.1, -0.05) is 0 Å². The van der Waals surface area contributed by atoms with Gasteiger partial charge in [0.25, 0.3) is 5.91 Å². The van der Waals surface area contributed by atoms with Gasteiger partial charge in [0.05, 0.1) is 0 Å². The maximum Gasteiger partial charge on any atom is 0.251 e. The monoisotopic (exact) mass is 265 g/mol. The minimum absolute atomic E-state index is 0.0272. The molecule has 0 aliphatic carbocycles. The molecule has 19 heavy (non-hydrogen) atoms. The lowest BCUT2D eigenvalue weighted by Crippen LogP contribution is -2.46. The molecule has 0 unspecified atom stereocenters. The summed E-state index contributed by atoms with van der Waals surface area (Å²) in [6, 6.07) is 2.61. The number of hydrogen-bond donors (Lipinski definition) is 1. The minimum atomic E-state index is -0.668. The second-order valence-electron chi connectivity index (χ2n) is 4.62. The Labute approximate surface area is 110 Å². The van der Waals surface area contributed by atoms with Gasteiger partial charge in [0.2, 0.25) is 11.9 Å². The molecular weight excluding hydrogens is 249 g/mol. The molecule has 0 radical (unpaired) electrons. The molecule has 2 heterocycles. The van der Waals surface area contributed by atoms with Gasteiger partial charge in [-0.15, -0.1) is 0 Å². The molecule has 0 aromatic carbocycles. The van der Waals surface area contributed by atoms with Gasteiger partial charge >= 0.3 is 0 Å². The lowest BCUT2D eigenvalue weighted by atomic mass is 10.0. The topological polar surface area (TPSA) is 62.3 Å². The lowest BCUT2D eigenvalue weighted by Gasteiger charge is -2.31. The van der Waals surface area contributed by atoms with E-state index in [1.54, 1.807) is 11.8 Å². The quantitative estimate of drug-likeness (QED) is 0.810. The zero-order valence-electron chi connectivity index (χ0n) is 10.7. The van der Waals surface area contributed by atoms with Crippen LogP contribution in [0.5, 0.6) is 0 Å². The van der Waals surface area contributed by atoms with Crippen molar-refractivity contribution in [3.05, 3.63) is 29.8 Å². The third-order valence-electron chi connectivity index (χ3n) is 3.26. The Morgan fingerprint density at radius 2 is 2.11 bits per heavy atom. The number of aromatic nitrogens is 1. The highest BCUT2D eigenvalue weighted by atomic mass is 19.1. The van der Waals surface area contributed by atoms with E-state index in [0.29, 0.717) is 13.1 Å². The summed E-state index contributed by atoms with van der Waals surface area (Å²) < 4.78 is 12.9. The number of nitrogens with one attached hydrogen (secondary N) is 1. The maximum absolute atomic E-state index is 12.9.